The van der Waals surface area contributed by atoms with E-state index in [2.05, 4.69) is 0 Å². The van der Waals surface area contributed by atoms with Gasteiger partial charge in [-0.2, -0.15) is 0 Å². The predicted molar refractivity (Wildman–Crippen MR) is 80.8 cm³/mol. The normalized spacial score (nSPS) is 10.7. The molecule has 0 aliphatic rings. The topological polar surface area (TPSA) is 59.7 Å². The minimum Gasteiger partial charge on any atom is -0.507 e. The summed E-state index contributed by atoms with van der Waals surface area (Å²) in [5.74, 6) is 1.04. The molecular weight excluding hydrogens is 268 g/mol. The van der Waals surface area contributed by atoms with Crippen molar-refractivity contribution >= 4 is 11.0 Å². The number of aromatic hydroxyl groups is 1. The molecule has 2 aromatic carbocycles. The van der Waals surface area contributed by atoms with Crippen molar-refractivity contribution in [2.45, 2.75) is 6.92 Å². The molecule has 0 aliphatic carbocycles. The molecule has 0 radical (unpaired) electrons. The summed E-state index contributed by atoms with van der Waals surface area (Å²) < 4.78 is 11.2. The first-order chi connectivity index (χ1) is 10.2. The molecular formula is C17H14O4. The van der Waals surface area contributed by atoms with E-state index in [4.69, 9.17) is 9.15 Å². The van der Waals surface area contributed by atoms with Crippen molar-refractivity contribution in [2.24, 2.45) is 0 Å². The highest BCUT2D eigenvalue weighted by Gasteiger charge is 2.10. The molecule has 21 heavy (non-hydrogen) atoms. The zero-order chi connectivity index (χ0) is 14.8. The Morgan fingerprint density at radius 1 is 1.14 bits per heavy atom. The molecule has 0 saturated carbocycles. The van der Waals surface area contributed by atoms with Gasteiger partial charge in [0.05, 0.1) is 17.6 Å². The lowest BCUT2D eigenvalue weighted by Gasteiger charge is -2.07. The summed E-state index contributed by atoms with van der Waals surface area (Å²) in [5.41, 5.74) is 0.766. The fraction of sp³-hybridized carbons (Fsp3) is 0.118. The molecule has 1 N–H and O–H groups in total. The van der Waals surface area contributed by atoms with Gasteiger partial charge >= 0.3 is 0 Å². The molecule has 0 amide bonds. The number of hydrogen-bond donors (Lipinski definition) is 1. The van der Waals surface area contributed by atoms with Crippen LogP contribution in [0.25, 0.3) is 22.3 Å². The van der Waals surface area contributed by atoms with Gasteiger partial charge in [0.15, 0.2) is 5.43 Å². The van der Waals surface area contributed by atoms with Crippen molar-refractivity contribution in [3.8, 4) is 22.8 Å². The minimum atomic E-state index is -0.155. The molecule has 0 saturated heterocycles. The molecule has 0 atom stereocenters. The van der Waals surface area contributed by atoms with Crippen LogP contribution in [0.4, 0.5) is 0 Å². The first-order valence-corrected chi connectivity index (χ1v) is 6.68. The van der Waals surface area contributed by atoms with Crippen LogP contribution in [0.3, 0.4) is 0 Å². The van der Waals surface area contributed by atoms with E-state index in [1.807, 2.05) is 6.92 Å². The van der Waals surface area contributed by atoms with Crippen LogP contribution >= 0.6 is 0 Å². The van der Waals surface area contributed by atoms with E-state index in [1.54, 1.807) is 42.5 Å². The molecule has 4 nitrogen and oxygen atoms in total. The smallest absolute Gasteiger partial charge is 0.193 e. The van der Waals surface area contributed by atoms with Gasteiger partial charge in [-0.25, -0.2) is 0 Å². The zero-order valence-electron chi connectivity index (χ0n) is 11.5. The van der Waals surface area contributed by atoms with Gasteiger partial charge in [0.2, 0.25) is 0 Å². The first-order valence-electron chi connectivity index (χ1n) is 6.68. The second kappa shape index (κ2) is 5.32. The van der Waals surface area contributed by atoms with E-state index in [1.165, 1.54) is 6.07 Å². The average Bonchev–Trinajstić information content (AvgIpc) is 2.47. The standard InChI is InChI=1S/C17H14O4/c1-2-20-11-7-8-13-15(19)10-17(21-16(13)9-11)12-5-3-4-6-14(12)18/h3-10,18H,2H2,1H3. The number of rotatable bonds is 3. The van der Waals surface area contributed by atoms with Crippen molar-refractivity contribution in [2.75, 3.05) is 6.61 Å². The highest BCUT2D eigenvalue weighted by molar-refractivity contribution is 5.80. The summed E-state index contributed by atoms with van der Waals surface area (Å²) in [5, 5.41) is 10.4. The van der Waals surface area contributed by atoms with Gasteiger partial charge < -0.3 is 14.3 Å². The van der Waals surface area contributed by atoms with Gasteiger partial charge in [0.1, 0.15) is 22.8 Å². The van der Waals surface area contributed by atoms with E-state index in [0.29, 0.717) is 34.6 Å². The second-order valence-electron chi connectivity index (χ2n) is 4.58. The van der Waals surface area contributed by atoms with Gasteiger partial charge in [0, 0.05) is 12.1 Å². The Hall–Kier alpha value is -2.75. The molecule has 106 valence electrons. The molecule has 3 aromatic rings. The Balaban J connectivity index is 2.22. The van der Waals surface area contributed by atoms with Crippen molar-refractivity contribution in [1.29, 1.82) is 0 Å². The van der Waals surface area contributed by atoms with Gasteiger partial charge in [-0.1, -0.05) is 12.1 Å². The summed E-state index contributed by atoms with van der Waals surface area (Å²) >= 11 is 0. The molecule has 0 unspecified atom stereocenters. The Bertz CT molecular complexity index is 849. The molecule has 0 aliphatic heterocycles. The number of phenols is 1. The highest BCUT2D eigenvalue weighted by atomic mass is 16.5. The molecule has 3 rings (SSSR count). The molecule has 4 heteroatoms. The maximum atomic E-state index is 12.2. The monoisotopic (exact) mass is 282 g/mol. The Morgan fingerprint density at radius 3 is 2.71 bits per heavy atom. The summed E-state index contributed by atoms with van der Waals surface area (Å²) in [6.45, 7) is 2.42. The van der Waals surface area contributed by atoms with E-state index in [0.717, 1.165) is 0 Å². The average molecular weight is 282 g/mol. The Kier molecular flexibility index (Phi) is 3.36. The number of ether oxygens (including phenoxy) is 1. The van der Waals surface area contributed by atoms with Crippen molar-refractivity contribution < 1.29 is 14.3 Å². The number of para-hydroxylation sites is 1. The summed E-state index contributed by atoms with van der Waals surface area (Å²) in [6.07, 6.45) is 0. The van der Waals surface area contributed by atoms with E-state index in [9.17, 15) is 9.90 Å². The van der Waals surface area contributed by atoms with Gasteiger partial charge in [0.25, 0.3) is 0 Å². The van der Waals surface area contributed by atoms with E-state index in [-0.39, 0.29) is 11.2 Å². The molecule has 0 bridgehead atoms. The third-order valence-corrected chi connectivity index (χ3v) is 3.18. The molecule has 0 spiro atoms. The van der Waals surface area contributed by atoms with E-state index >= 15 is 0 Å². The lowest BCUT2D eigenvalue weighted by Crippen LogP contribution is -2.01. The van der Waals surface area contributed by atoms with Crippen LogP contribution in [0.2, 0.25) is 0 Å². The van der Waals surface area contributed by atoms with Crippen LogP contribution in [0.1, 0.15) is 6.92 Å². The van der Waals surface area contributed by atoms with Crippen molar-refractivity contribution in [1.82, 2.24) is 0 Å². The maximum Gasteiger partial charge on any atom is 0.193 e. The van der Waals surface area contributed by atoms with Crippen LogP contribution in [0.5, 0.6) is 11.5 Å². The van der Waals surface area contributed by atoms with Crippen molar-refractivity contribution in [3.05, 3.63) is 58.8 Å². The Morgan fingerprint density at radius 2 is 1.95 bits per heavy atom. The number of hydrogen-bond acceptors (Lipinski definition) is 4. The molecule has 1 heterocycles. The van der Waals surface area contributed by atoms with Gasteiger partial charge in [-0.05, 0) is 31.2 Å². The fourth-order valence-electron chi connectivity index (χ4n) is 2.21. The van der Waals surface area contributed by atoms with E-state index < -0.39 is 0 Å². The van der Waals surface area contributed by atoms with Crippen LogP contribution in [-0.4, -0.2) is 11.7 Å². The summed E-state index contributed by atoms with van der Waals surface area (Å²) in [6, 6.07) is 13.2. The fourth-order valence-corrected chi connectivity index (χ4v) is 2.21. The largest absolute Gasteiger partial charge is 0.507 e. The SMILES string of the molecule is CCOc1ccc2c(=O)cc(-c3ccccc3O)oc2c1. The second-order valence-corrected chi connectivity index (χ2v) is 4.58. The molecule has 1 aromatic heterocycles. The first kappa shape index (κ1) is 13.2. The third kappa shape index (κ3) is 2.48. The minimum absolute atomic E-state index is 0.0703. The third-order valence-electron chi connectivity index (χ3n) is 3.18. The number of phenolic OH excluding ortho intramolecular Hbond substituents is 1. The van der Waals surface area contributed by atoms with Crippen LogP contribution < -0.4 is 10.2 Å². The van der Waals surface area contributed by atoms with Crippen LogP contribution in [0, 0.1) is 0 Å². The summed E-state index contributed by atoms with van der Waals surface area (Å²) in [4.78, 5) is 12.2. The van der Waals surface area contributed by atoms with Crippen LogP contribution in [-0.2, 0) is 0 Å². The highest BCUT2D eigenvalue weighted by Crippen LogP contribution is 2.30. The Labute approximate surface area is 121 Å². The lowest BCUT2D eigenvalue weighted by molar-refractivity contribution is 0.340. The maximum absolute atomic E-state index is 12.2. The van der Waals surface area contributed by atoms with Crippen molar-refractivity contribution in [3.63, 3.8) is 0 Å². The van der Waals surface area contributed by atoms with Gasteiger partial charge in [-0.15, -0.1) is 0 Å². The predicted octanol–water partition coefficient (Wildman–Crippen LogP) is 3.56. The molecule has 0 fully saturated rings. The zero-order valence-corrected chi connectivity index (χ0v) is 11.5. The quantitative estimate of drug-likeness (QED) is 0.798. The van der Waals surface area contributed by atoms with Crippen LogP contribution in [0.15, 0.2) is 57.7 Å². The lowest BCUT2D eigenvalue weighted by atomic mass is 10.1. The van der Waals surface area contributed by atoms with Gasteiger partial charge in [-0.3, -0.25) is 4.79 Å². The number of fused-ring (bicyclic) bond motifs is 1. The summed E-state index contributed by atoms with van der Waals surface area (Å²) in [7, 11) is 0. The number of benzene rings is 2.